The lowest BCUT2D eigenvalue weighted by atomic mass is 9.90. The summed E-state index contributed by atoms with van der Waals surface area (Å²) in [7, 11) is 0. The van der Waals surface area contributed by atoms with Crippen molar-refractivity contribution < 1.29 is 14.6 Å². The number of nitrogens with two attached hydrogens (primary N) is 1. The van der Waals surface area contributed by atoms with E-state index in [-0.39, 0.29) is 17.2 Å². The van der Waals surface area contributed by atoms with E-state index in [2.05, 4.69) is 0 Å². The number of aliphatic hydroxyl groups is 1. The molecule has 0 aliphatic heterocycles. The number of phenolic OH excluding ortho intramolecular Hbond substituents is 1. The fourth-order valence-electron chi connectivity index (χ4n) is 2.56. The first-order chi connectivity index (χ1) is 8.09. The van der Waals surface area contributed by atoms with Crippen molar-refractivity contribution >= 4 is 0 Å². The van der Waals surface area contributed by atoms with Crippen LogP contribution in [0, 0.1) is 11.7 Å². The molecule has 0 heterocycles. The third kappa shape index (κ3) is 2.58. The largest absolute Gasteiger partial charge is 0.508 e. The zero-order valence-electron chi connectivity index (χ0n) is 9.64. The lowest BCUT2D eigenvalue weighted by Crippen LogP contribution is -2.32. The summed E-state index contributed by atoms with van der Waals surface area (Å²) in [6, 6.07) is 3.13. The van der Waals surface area contributed by atoms with Crippen molar-refractivity contribution in [3.8, 4) is 5.75 Å². The van der Waals surface area contributed by atoms with Crippen molar-refractivity contribution in [3.63, 3.8) is 0 Å². The number of rotatable bonds is 3. The second kappa shape index (κ2) is 5.02. The summed E-state index contributed by atoms with van der Waals surface area (Å²) in [5, 5.41) is 19.2. The molecule has 3 nitrogen and oxygen atoms in total. The van der Waals surface area contributed by atoms with Crippen LogP contribution in [0.4, 0.5) is 4.39 Å². The van der Waals surface area contributed by atoms with E-state index in [4.69, 9.17) is 10.8 Å². The highest BCUT2D eigenvalue weighted by molar-refractivity contribution is 5.30. The maximum Gasteiger partial charge on any atom is 0.131 e. The number of aliphatic hydroxyl groups excluding tert-OH is 1. The molecule has 1 fully saturated rings. The summed E-state index contributed by atoms with van der Waals surface area (Å²) in [6.45, 7) is 0. The van der Waals surface area contributed by atoms with Crippen molar-refractivity contribution in [2.75, 3.05) is 0 Å². The van der Waals surface area contributed by atoms with E-state index >= 15 is 0 Å². The van der Waals surface area contributed by atoms with Gasteiger partial charge in [-0.25, -0.2) is 4.39 Å². The molecule has 1 aliphatic carbocycles. The van der Waals surface area contributed by atoms with E-state index in [0.29, 0.717) is 0 Å². The zero-order chi connectivity index (χ0) is 12.4. The average Bonchev–Trinajstić information content (AvgIpc) is 2.80. The van der Waals surface area contributed by atoms with Crippen LogP contribution in [0.3, 0.4) is 0 Å². The zero-order valence-corrected chi connectivity index (χ0v) is 9.64. The minimum absolute atomic E-state index is 0.131. The Kier molecular flexibility index (Phi) is 3.64. The molecule has 17 heavy (non-hydrogen) atoms. The van der Waals surface area contributed by atoms with Crippen molar-refractivity contribution in [3.05, 3.63) is 29.6 Å². The van der Waals surface area contributed by atoms with Crippen LogP contribution in [0.5, 0.6) is 5.75 Å². The Morgan fingerprint density at radius 2 is 1.94 bits per heavy atom. The molecule has 4 N–H and O–H groups in total. The van der Waals surface area contributed by atoms with Gasteiger partial charge in [0.1, 0.15) is 11.6 Å². The third-order valence-corrected chi connectivity index (χ3v) is 3.59. The topological polar surface area (TPSA) is 66.5 Å². The highest BCUT2D eigenvalue weighted by Crippen LogP contribution is 2.33. The molecule has 1 aromatic rings. The fourth-order valence-corrected chi connectivity index (χ4v) is 2.56. The van der Waals surface area contributed by atoms with E-state index in [1.165, 1.54) is 12.1 Å². The second-order valence-electron chi connectivity index (χ2n) is 4.77. The van der Waals surface area contributed by atoms with E-state index in [9.17, 15) is 9.50 Å². The maximum absolute atomic E-state index is 13.6. The normalized spacial score (nSPS) is 20.4. The second-order valence-corrected chi connectivity index (χ2v) is 4.77. The van der Waals surface area contributed by atoms with Crippen LogP contribution >= 0.6 is 0 Å². The summed E-state index contributed by atoms with van der Waals surface area (Å²) < 4.78 is 13.6. The van der Waals surface area contributed by atoms with Crippen LogP contribution < -0.4 is 5.73 Å². The molecule has 2 rings (SSSR count). The van der Waals surface area contributed by atoms with Gasteiger partial charge in [-0.05, 0) is 24.8 Å². The van der Waals surface area contributed by atoms with Gasteiger partial charge in [-0.3, -0.25) is 0 Å². The molecule has 2 atom stereocenters. The lowest BCUT2D eigenvalue weighted by molar-refractivity contribution is 0.0832. The summed E-state index contributed by atoms with van der Waals surface area (Å²) in [5.41, 5.74) is 6.16. The van der Waals surface area contributed by atoms with Gasteiger partial charge in [0.25, 0.3) is 0 Å². The Balaban J connectivity index is 2.15. The van der Waals surface area contributed by atoms with Gasteiger partial charge in [0.15, 0.2) is 0 Å². The first-order valence-electron chi connectivity index (χ1n) is 6.01. The molecule has 0 unspecified atom stereocenters. The molecule has 0 aromatic heterocycles. The first-order valence-corrected chi connectivity index (χ1v) is 6.01. The summed E-state index contributed by atoms with van der Waals surface area (Å²) in [4.78, 5) is 0. The summed E-state index contributed by atoms with van der Waals surface area (Å²) >= 11 is 0. The smallest absolute Gasteiger partial charge is 0.131 e. The first kappa shape index (κ1) is 12.3. The molecule has 1 aliphatic rings. The minimum Gasteiger partial charge on any atom is -0.508 e. The summed E-state index contributed by atoms with van der Waals surface area (Å²) in [5.74, 6) is -0.526. The van der Waals surface area contributed by atoms with Gasteiger partial charge in [0.2, 0.25) is 0 Å². The molecule has 0 bridgehead atoms. The van der Waals surface area contributed by atoms with Crippen molar-refractivity contribution in [1.82, 2.24) is 0 Å². The monoisotopic (exact) mass is 239 g/mol. The number of phenols is 1. The van der Waals surface area contributed by atoms with Gasteiger partial charge in [-0.2, -0.15) is 0 Å². The van der Waals surface area contributed by atoms with Crippen LogP contribution in [0.15, 0.2) is 18.2 Å². The Bertz CT molecular complexity index is 391. The van der Waals surface area contributed by atoms with Gasteiger partial charge >= 0.3 is 0 Å². The van der Waals surface area contributed by atoms with E-state index in [1.807, 2.05) is 0 Å². The highest BCUT2D eigenvalue weighted by Gasteiger charge is 2.30. The molecule has 1 aromatic carbocycles. The van der Waals surface area contributed by atoms with E-state index in [0.717, 1.165) is 31.7 Å². The standard InChI is InChI=1S/C13H18FNO2/c14-11-7-9(16)5-6-10(11)12(15)13(17)8-3-1-2-4-8/h5-8,12-13,16-17H,1-4,15H2/t12-,13+/m0/s1. The molecule has 0 spiro atoms. The Morgan fingerprint density at radius 1 is 1.29 bits per heavy atom. The molecule has 0 amide bonds. The van der Waals surface area contributed by atoms with E-state index < -0.39 is 18.0 Å². The predicted octanol–water partition coefficient (Wildman–Crippen LogP) is 2.08. The Morgan fingerprint density at radius 3 is 2.53 bits per heavy atom. The third-order valence-electron chi connectivity index (χ3n) is 3.59. The molecular formula is C13H18FNO2. The Labute approximate surface area is 100 Å². The highest BCUT2D eigenvalue weighted by atomic mass is 19.1. The van der Waals surface area contributed by atoms with Crippen molar-refractivity contribution in [1.29, 1.82) is 0 Å². The van der Waals surface area contributed by atoms with Crippen LogP contribution in [-0.4, -0.2) is 16.3 Å². The average molecular weight is 239 g/mol. The van der Waals surface area contributed by atoms with Crippen molar-refractivity contribution in [2.45, 2.75) is 37.8 Å². The van der Waals surface area contributed by atoms with Crippen LogP contribution in [0.1, 0.15) is 37.3 Å². The molecule has 1 saturated carbocycles. The Hall–Kier alpha value is -1.13. The number of hydrogen-bond donors (Lipinski definition) is 3. The number of benzene rings is 1. The van der Waals surface area contributed by atoms with Gasteiger partial charge in [-0.1, -0.05) is 18.9 Å². The SMILES string of the molecule is N[C@@H](c1ccc(O)cc1F)[C@H](O)C1CCCC1. The minimum atomic E-state index is -0.723. The fraction of sp³-hybridized carbons (Fsp3) is 0.538. The van der Waals surface area contributed by atoms with Crippen LogP contribution in [0.25, 0.3) is 0 Å². The van der Waals surface area contributed by atoms with E-state index in [1.54, 1.807) is 0 Å². The maximum atomic E-state index is 13.6. The van der Waals surface area contributed by atoms with Crippen molar-refractivity contribution in [2.24, 2.45) is 11.7 Å². The quantitative estimate of drug-likeness (QED) is 0.756. The van der Waals surface area contributed by atoms with Gasteiger partial charge in [-0.15, -0.1) is 0 Å². The molecule has 0 saturated heterocycles. The lowest BCUT2D eigenvalue weighted by Gasteiger charge is -2.24. The molecule has 0 radical (unpaired) electrons. The van der Waals surface area contributed by atoms with Gasteiger partial charge in [0.05, 0.1) is 12.1 Å². The predicted molar refractivity (Wildman–Crippen MR) is 63.0 cm³/mol. The number of halogens is 1. The van der Waals surface area contributed by atoms with Crippen LogP contribution in [-0.2, 0) is 0 Å². The molecule has 4 heteroatoms. The van der Waals surface area contributed by atoms with Crippen LogP contribution in [0.2, 0.25) is 0 Å². The molecule has 94 valence electrons. The molecular weight excluding hydrogens is 221 g/mol. The number of hydrogen-bond acceptors (Lipinski definition) is 3. The number of aromatic hydroxyl groups is 1. The van der Waals surface area contributed by atoms with Gasteiger partial charge < -0.3 is 15.9 Å². The van der Waals surface area contributed by atoms with Gasteiger partial charge in [0, 0.05) is 11.6 Å². The summed E-state index contributed by atoms with van der Waals surface area (Å²) in [6.07, 6.45) is 3.40.